The SMILES string of the molecule is O=C(Nc1nccs1)c1ccc(NC(=O)C2CC2)cc1. The summed E-state index contributed by atoms with van der Waals surface area (Å²) in [4.78, 5) is 27.5. The average Bonchev–Trinajstić information content (AvgIpc) is 3.19. The summed E-state index contributed by atoms with van der Waals surface area (Å²) in [6.07, 6.45) is 3.58. The van der Waals surface area contributed by atoms with Gasteiger partial charge in [0.15, 0.2) is 5.13 Å². The van der Waals surface area contributed by atoms with E-state index in [1.807, 2.05) is 0 Å². The second-order valence-corrected chi connectivity index (χ2v) is 5.53. The molecule has 0 bridgehead atoms. The van der Waals surface area contributed by atoms with E-state index < -0.39 is 0 Å². The van der Waals surface area contributed by atoms with Gasteiger partial charge in [-0.05, 0) is 37.1 Å². The topological polar surface area (TPSA) is 71.1 Å². The largest absolute Gasteiger partial charge is 0.326 e. The lowest BCUT2D eigenvalue weighted by atomic mass is 10.2. The van der Waals surface area contributed by atoms with Crippen molar-refractivity contribution in [1.82, 2.24) is 4.98 Å². The first-order chi connectivity index (χ1) is 9.72. The molecule has 102 valence electrons. The molecule has 1 aromatic carbocycles. The van der Waals surface area contributed by atoms with Gasteiger partial charge in [0.1, 0.15) is 0 Å². The molecule has 0 aliphatic heterocycles. The maximum absolute atomic E-state index is 11.9. The minimum atomic E-state index is -0.208. The quantitative estimate of drug-likeness (QED) is 0.908. The Hall–Kier alpha value is -2.21. The molecule has 0 atom stereocenters. The molecule has 0 spiro atoms. The summed E-state index contributed by atoms with van der Waals surface area (Å²) in [6, 6.07) is 6.84. The normalized spacial score (nSPS) is 13.8. The zero-order valence-electron chi connectivity index (χ0n) is 10.6. The third kappa shape index (κ3) is 3.03. The van der Waals surface area contributed by atoms with Crippen molar-refractivity contribution >= 4 is 34.0 Å². The minimum absolute atomic E-state index is 0.0602. The second kappa shape index (κ2) is 5.42. The van der Waals surface area contributed by atoms with Crippen LogP contribution in [0, 0.1) is 5.92 Å². The number of thiazole rings is 1. The highest BCUT2D eigenvalue weighted by atomic mass is 32.1. The first kappa shape index (κ1) is 12.8. The van der Waals surface area contributed by atoms with Crippen LogP contribution in [0.4, 0.5) is 10.8 Å². The number of aromatic nitrogens is 1. The van der Waals surface area contributed by atoms with Gasteiger partial charge in [-0.1, -0.05) is 0 Å². The summed E-state index contributed by atoms with van der Waals surface area (Å²) in [5.41, 5.74) is 1.25. The van der Waals surface area contributed by atoms with Gasteiger partial charge in [-0.2, -0.15) is 0 Å². The van der Waals surface area contributed by atoms with E-state index in [1.165, 1.54) is 11.3 Å². The molecule has 3 rings (SSSR count). The summed E-state index contributed by atoms with van der Waals surface area (Å²) >= 11 is 1.37. The third-order valence-electron chi connectivity index (χ3n) is 3.02. The fraction of sp³-hybridized carbons (Fsp3) is 0.214. The van der Waals surface area contributed by atoms with Crippen LogP contribution < -0.4 is 10.6 Å². The number of anilines is 2. The molecular weight excluding hydrogens is 274 g/mol. The zero-order chi connectivity index (χ0) is 13.9. The number of nitrogens with one attached hydrogen (secondary N) is 2. The summed E-state index contributed by atoms with van der Waals surface area (Å²) in [5, 5.41) is 7.91. The lowest BCUT2D eigenvalue weighted by Crippen LogP contribution is -2.14. The highest BCUT2D eigenvalue weighted by molar-refractivity contribution is 7.13. The lowest BCUT2D eigenvalue weighted by molar-refractivity contribution is -0.117. The van der Waals surface area contributed by atoms with Gasteiger partial charge in [-0.25, -0.2) is 4.98 Å². The van der Waals surface area contributed by atoms with Crippen LogP contribution >= 0.6 is 11.3 Å². The van der Waals surface area contributed by atoms with Crippen molar-refractivity contribution in [3.8, 4) is 0 Å². The number of carbonyl (C=O) groups is 2. The number of nitrogens with zero attached hydrogens (tertiary/aromatic N) is 1. The molecular formula is C14H13N3O2S. The van der Waals surface area contributed by atoms with Crippen molar-refractivity contribution in [2.45, 2.75) is 12.8 Å². The van der Waals surface area contributed by atoms with Crippen LogP contribution in [0.2, 0.25) is 0 Å². The van der Waals surface area contributed by atoms with Crippen LogP contribution in [0.1, 0.15) is 23.2 Å². The van der Waals surface area contributed by atoms with Crippen LogP contribution in [0.5, 0.6) is 0 Å². The maximum atomic E-state index is 11.9. The average molecular weight is 287 g/mol. The zero-order valence-corrected chi connectivity index (χ0v) is 11.4. The van der Waals surface area contributed by atoms with Crippen molar-refractivity contribution < 1.29 is 9.59 Å². The van der Waals surface area contributed by atoms with Crippen molar-refractivity contribution in [3.63, 3.8) is 0 Å². The number of rotatable bonds is 4. The molecule has 2 amide bonds. The van der Waals surface area contributed by atoms with E-state index in [0.717, 1.165) is 12.8 Å². The van der Waals surface area contributed by atoms with E-state index in [4.69, 9.17) is 0 Å². The first-order valence-electron chi connectivity index (χ1n) is 6.34. The summed E-state index contributed by atoms with van der Waals surface area (Å²) in [7, 11) is 0. The smallest absolute Gasteiger partial charge is 0.257 e. The van der Waals surface area contributed by atoms with Crippen LogP contribution in [0.3, 0.4) is 0 Å². The maximum Gasteiger partial charge on any atom is 0.257 e. The van der Waals surface area contributed by atoms with E-state index in [-0.39, 0.29) is 17.7 Å². The van der Waals surface area contributed by atoms with Crippen LogP contribution in [0.15, 0.2) is 35.8 Å². The molecule has 0 radical (unpaired) electrons. The van der Waals surface area contributed by atoms with E-state index >= 15 is 0 Å². The van der Waals surface area contributed by atoms with E-state index in [9.17, 15) is 9.59 Å². The molecule has 1 aliphatic carbocycles. The molecule has 6 heteroatoms. The van der Waals surface area contributed by atoms with Gasteiger partial charge in [0, 0.05) is 28.7 Å². The molecule has 5 nitrogen and oxygen atoms in total. The van der Waals surface area contributed by atoms with Crippen molar-refractivity contribution in [2.75, 3.05) is 10.6 Å². The van der Waals surface area contributed by atoms with Gasteiger partial charge in [-0.15, -0.1) is 11.3 Å². The highest BCUT2D eigenvalue weighted by Crippen LogP contribution is 2.30. The minimum Gasteiger partial charge on any atom is -0.326 e. The molecule has 2 aromatic rings. The monoisotopic (exact) mass is 287 g/mol. The Morgan fingerprint density at radius 3 is 2.50 bits per heavy atom. The third-order valence-corrected chi connectivity index (χ3v) is 3.70. The van der Waals surface area contributed by atoms with E-state index in [0.29, 0.717) is 16.4 Å². The van der Waals surface area contributed by atoms with Gasteiger partial charge in [0.2, 0.25) is 5.91 Å². The number of amides is 2. The molecule has 0 unspecified atom stereocenters. The van der Waals surface area contributed by atoms with Crippen molar-refractivity contribution in [3.05, 3.63) is 41.4 Å². The number of benzene rings is 1. The second-order valence-electron chi connectivity index (χ2n) is 4.63. The molecule has 1 heterocycles. The summed E-state index contributed by atoms with van der Waals surface area (Å²) in [6.45, 7) is 0. The number of hydrogen-bond donors (Lipinski definition) is 2. The molecule has 1 aromatic heterocycles. The predicted molar refractivity (Wildman–Crippen MR) is 77.9 cm³/mol. The number of carbonyl (C=O) groups excluding carboxylic acids is 2. The highest BCUT2D eigenvalue weighted by Gasteiger charge is 2.29. The van der Waals surface area contributed by atoms with Crippen molar-refractivity contribution in [1.29, 1.82) is 0 Å². The Bertz CT molecular complexity index is 618. The molecule has 2 N–H and O–H groups in total. The van der Waals surface area contributed by atoms with Crippen LogP contribution in [0.25, 0.3) is 0 Å². The Morgan fingerprint density at radius 2 is 1.90 bits per heavy atom. The van der Waals surface area contributed by atoms with Crippen LogP contribution in [-0.4, -0.2) is 16.8 Å². The molecule has 1 fully saturated rings. The first-order valence-corrected chi connectivity index (χ1v) is 7.22. The van der Waals surface area contributed by atoms with E-state index in [2.05, 4.69) is 15.6 Å². The fourth-order valence-electron chi connectivity index (χ4n) is 1.75. The van der Waals surface area contributed by atoms with Gasteiger partial charge in [-0.3, -0.25) is 14.9 Å². The standard InChI is InChI=1S/C14H13N3O2S/c18-12(9-1-2-9)16-11-5-3-10(4-6-11)13(19)17-14-15-7-8-20-14/h3-9H,1-2H2,(H,16,18)(H,15,17,19). The lowest BCUT2D eigenvalue weighted by Gasteiger charge is -2.05. The molecule has 1 saturated carbocycles. The summed E-state index contributed by atoms with van der Waals surface area (Å²) in [5.74, 6) is 0.0212. The van der Waals surface area contributed by atoms with Gasteiger partial charge >= 0.3 is 0 Å². The van der Waals surface area contributed by atoms with Gasteiger partial charge < -0.3 is 5.32 Å². The molecule has 0 saturated heterocycles. The Balaban J connectivity index is 1.63. The van der Waals surface area contributed by atoms with E-state index in [1.54, 1.807) is 35.8 Å². The van der Waals surface area contributed by atoms with Gasteiger partial charge in [0.25, 0.3) is 5.91 Å². The Kier molecular flexibility index (Phi) is 3.47. The van der Waals surface area contributed by atoms with Gasteiger partial charge in [0.05, 0.1) is 0 Å². The molecule has 1 aliphatic rings. The van der Waals surface area contributed by atoms with Crippen molar-refractivity contribution in [2.24, 2.45) is 5.92 Å². The fourth-order valence-corrected chi connectivity index (χ4v) is 2.27. The Labute approximate surface area is 120 Å². The Morgan fingerprint density at radius 1 is 1.15 bits per heavy atom. The van der Waals surface area contributed by atoms with Crippen LogP contribution in [-0.2, 0) is 4.79 Å². The molecule has 20 heavy (non-hydrogen) atoms. The predicted octanol–water partition coefficient (Wildman–Crippen LogP) is 2.74. The summed E-state index contributed by atoms with van der Waals surface area (Å²) < 4.78 is 0. The number of hydrogen-bond acceptors (Lipinski definition) is 4.